The summed E-state index contributed by atoms with van der Waals surface area (Å²) in [4.78, 5) is 4.49. The van der Waals surface area contributed by atoms with Gasteiger partial charge in [-0.15, -0.1) is 0 Å². The molecule has 0 aliphatic carbocycles. The van der Waals surface area contributed by atoms with Crippen molar-refractivity contribution in [2.45, 2.75) is 6.54 Å². The number of nitrogens with zero attached hydrogens (tertiary/aromatic N) is 2. The highest BCUT2D eigenvalue weighted by atomic mass is 19.2. The Kier molecular flexibility index (Phi) is 4.85. The lowest BCUT2D eigenvalue weighted by Crippen LogP contribution is -2.39. The Balaban J connectivity index is 1.56. The van der Waals surface area contributed by atoms with E-state index >= 15 is 0 Å². The van der Waals surface area contributed by atoms with Crippen LogP contribution in [0.5, 0.6) is 0 Å². The number of ether oxygens (including phenoxy) is 1. The molecule has 3 rings (SSSR count). The molecular weight excluding hydrogens is 286 g/mol. The van der Waals surface area contributed by atoms with Gasteiger partial charge in [-0.25, -0.2) is 8.78 Å². The Morgan fingerprint density at radius 1 is 1.05 bits per heavy atom. The molecule has 0 aromatic heterocycles. The van der Waals surface area contributed by atoms with Gasteiger partial charge in [-0.05, 0) is 35.5 Å². The molecule has 2 aliphatic rings. The quantitative estimate of drug-likeness (QED) is 0.850. The molecule has 1 saturated heterocycles. The van der Waals surface area contributed by atoms with Gasteiger partial charge in [-0.3, -0.25) is 4.90 Å². The summed E-state index contributed by atoms with van der Waals surface area (Å²) in [5.74, 6) is -1.59. The van der Waals surface area contributed by atoms with Gasteiger partial charge in [0, 0.05) is 32.7 Å². The van der Waals surface area contributed by atoms with Crippen molar-refractivity contribution in [1.29, 1.82) is 0 Å². The van der Waals surface area contributed by atoms with Gasteiger partial charge in [-0.1, -0.05) is 12.1 Å². The number of rotatable bonds is 4. The SMILES string of the molecule is Fc1ccc(CN2C=CC=C(CN3CCOCC3)C2)cc1F. The Labute approximate surface area is 129 Å². The third-order valence-corrected chi connectivity index (χ3v) is 3.94. The van der Waals surface area contributed by atoms with Gasteiger partial charge in [0.25, 0.3) is 0 Å². The van der Waals surface area contributed by atoms with Crippen LogP contribution in [0.1, 0.15) is 5.56 Å². The first-order valence-corrected chi connectivity index (χ1v) is 7.55. The number of allylic oxidation sites excluding steroid dienone is 2. The second-order valence-corrected chi connectivity index (χ2v) is 5.71. The maximum atomic E-state index is 13.3. The van der Waals surface area contributed by atoms with E-state index in [-0.39, 0.29) is 0 Å². The Morgan fingerprint density at radius 3 is 2.64 bits per heavy atom. The van der Waals surface area contributed by atoms with Crippen LogP contribution < -0.4 is 0 Å². The molecule has 2 aliphatic heterocycles. The highest BCUT2D eigenvalue weighted by molar-refractivity contribution is 5.23. The molecule has 22 heavy (non-hydrogen) atoms. The van der Waals surface area contributed by atoms with Crippen LogP contribution in [-0.4, -0.2) is 49.2 Å². The van der Waals surface area contributed by atoms with Crippen molar-refractivity contribution in [3.8, 4) is 0 Å². The van der Waals surface area contributed by atoms with Gasteiger partial charge in [0.15, 0.2) is 11.6 Å². The molecule has 0 spiro atoms. The summed E-state index contributed by atoms with van der Waals surface area (Å²) in [5.41, 5.74) is 2.10. The van der Waals surface area contributed by atoms with E-state index in [1.807, 2.05) is 12.3 Å². The van der Waals surface area contributed by atoms with Gasteiger partial charge in [0.1, 0.15) is 0 Å². The first-order valence-electron chi connectivity index (χ1n) is 7.55. The molecule has 0 unspecified atom stereocenters. The van der Waals surface area contributed by atoms with Gasteiger partial charge in [0.2, 0.25) is 0 Å². The predicted molar refractivity (Wildman–Crippen MR) is 81.3 cm³/mol. The summed E-state index contributed by atoms with van der Waals surface area (Å²) in [6.07, 6.45) is 6.14. The highest BCUT2D eigenvalue weighted by Gasteiger charge is 2.15. The number of halogens is 2. The smallest absolute Gasteiger partial charge is 0.159 e. The van der Waals surface area contributed by atoms with E-state index in [4.69, 9.17) is 4.74 Å². The number of benzene rings is 1. The second kappa shape index (κ2) is 7.03. The molecule has 1 fully saturated rings. The van der Waals surface area contributed by atoms with Crippen LogP contribution in [0, 0.1) is 11.6 Å². The molecule has 0 saturated carbocycles. The normalized spacial score (nSPS) is 19.4. The number of hydrogen-bond acceptors (Lipinski definition) is 3. The molecule has 0 atom stereocenters. The fourth-order valence-corrected chi connectivity index (χ4v) is 2.80. The van der Waals surface area contributed by atoms with Crippen molar-refractivity contribution < 1.29 is 13.5 Å². The molecule has 1 aromatic carbocycles. The topological polar surface area (TPSA) is 15.7 Å². The van der Waals surface area contributed by atoms with Crippen LogP contribution in [0.25, 0.3) is 0 Å². The van der Waals surface area contributed by atoms with E-state index in [0.29, 0.717) is 6.54 Å². The zero-order valence-corrected chi connectivity index (χ0v) is 12.5. The minimum absolute atomic E-state index is 0.578. The van der Waals surface area contributed by atoms with Crippen LogP contribution in [0.15, 0.2) is 42.1 Å². The van der Waals surface area contributed by atoms with E-state index < -0.39 is 11.6 Å². The summed E-state index contributed by atoms with van der Waals surface area (Å²) >= 11 is 0. The van der Waals surface area contributed by atoms with E-state index in [9.17, 15) is 8.78 Å². The van der Waals surface area contributed by atoms with E-state index in [2.05, 4.69) is 15.9 Å². The van der Waals surface area contributed by atoms with Crippen molar-refractivity contribution in [3.63, 3.8) is 0 Å². The lowest BCUT2D eigenvalue weighted by molar-refractivity contribution is 0.0416. The molecule has 1 aromatic rings. The maximum absolute atomic E-state index is 13.3. The number of morpholine rings is 1. The zero-order valence-electron chi connectivity index (χ0n) is 12.5. The molecule has 0 amide bonds. The summed E-state index contributed by atoms with van der Waals surface area (Å²) in [6.45, 7) is 5.83. The first kappa shape index (κ1) is 15.2. The summed E-state index contributed by atoms with van der Waals surface area (Å²) in [6, 6.07) is 4.08. The van der Waals surface area contributed by atoms with Gasteiger partial charge < -0.3 is 9.64 Å². The van der Waals surface area contributed by atoms with Gasteiger partial charge in [-0.2, -0.15) is 0 Å². The lowest BCUT2D eigenvalue weighted by atomic mass is 10.1. The van der Waals surface area contributed by atoms with Crippen LogP contribution in [0.4, 0.5) is 8.78 Å². The van der Waals surface area contributed by atoms with E-state index in [0.717, 1.165) is 45.0 Å². The van der Waals surface area contributed by atoms with Crippen LogP contribution in [0.2, 0.25) is 0 Å². The first-order chi connectivity index (χ1) is 10.7. The average Bonchev–Trinajstić information content (AvgIpc) is 2.52. The van der Waals surface area contributed by atoms with Crippen molar-refractivity contribution >= 4 is 0 Å². The fraction of sp³-hybridized carbons (Fsp3) is 0.412. The second-order valence-electron chi connectivity index (χ2n) is 5.71. The molecule has 0 N–H and O–H groups in total. The Hall–Kier alpha value is -1.72. The van der Waals surface area contributed by atoms with Crippen molar-refractivity contribution in [1.82, 2.24) is 9.80 Å². The maximum Gasteiger partial charge on any atom is 0.159 e. The minimum atomic E-state index is -0.800. The average molecular weight is 306 g/mol. The van der Waals surface area contributed by atoms with Crippen molar-refractivity contribution in [2.24, 2.45) is 0 Å². The molecule has 2 heterocycles. The summed E-state index contributed by atoms with van der Waals surface area (Å²) in [7, 11) is 0. The standard InChI is InChI=1S/C17H20F2N2O/c18-16-4-3-14(10-17(16)19)11-21-5-1-2-15(13-21)12-20-6-8-22-9-7-20/h1-5,10H,6-9,11-13H2. The van der Waals surface area contributed by atoms with Crippen LogP contribution in [0.3, 0.4) is 0 Å². The Morgan fingerprint density at radius 2 is 1.86 bits per heavy atom. The minimum Gasteiger partial charge on any atom is -0.379 e. The van der Waals surface area contributed by atoms with E-state index in [1.54, 1.807) is 6.07 Å². The van der Waals surface area contributed by atoms with Gasteiger partial charge in [0.05, 0.1) is 13.2 Å². The number of hydrogen-bond donors (Lipinski definition) is 0. The fourth-order valence-electron chi connectivity index (χ4n) is 2.80. The molecule has 0 radical (unpaired) electrons. The van der Waals surface area contributed by atoms with Crippen molar-refractivity contribution in [3.05, 3.63) is 59.3 Å². The van der Waals surface area contributed by atoms with Crippen LogP contribution >= 0.6 is 0 Å². The Bertz CT molecular complexity index is 580. The summed E-state index contributed by atoms with van der Waals surface area (Å²) in [5, 5.41) is 0. The summed E-state index contributed by atoms with van der Waals surface area (Å²) < 4.78 is 31.6. The molecule has 118 valence electrons. The zero-order chi connectivity index (χ0) is 15.4. The molecule has 5 heteroatoms. The third-order valence-electron chi connectivity index (χ3n) is 3.94. The third kappa shape index (κ3) is 3.93. The van der Waals surface area contributed by atoms with Gasteiger partial charge >= 0.3 is 0 Å². The van der Waals surface area contributed by atoms with Crippen LogP contribution in [-0.2, 0) is 11.3 Å². The molecule has 0 bridgehead atoms. The largest absolute Gasteiger partial charge is 0.379 e. The lowest BCUT2D eigenvalue weighted by Gasteiger charge is -2.31. The molecule has 3 nitrogen and oxygen atoms in total. The van der Waals surface area contributed by atoms with E-state index in [1.165, 1.54) is 17.7 Å². The monoisotopic (exact) mass is 306 g/mol. The van der Waals surface area contributed by atoms with Crippen molar-refractivity contribution in [2.75, 3.05) is 39.4 Å². The highest BCUT2D eigenvalue weighted by Crippen LogP contribution is 2.15. The molecular formula is C17H20F2N2O. The predicted octanol–water partition coefficient (Wildman–Crippen LogP) is 2.55.